The first-order chi connectivity index (χ1) is 21.4. The number of nitrogens with zero attached hydrogens (tertiary/aromatic N) is 2. The predicted octanol–water partition coefficient (Wildman–Crippen LogP) is 6.63. The lowest BCUT2D eigenvalue weighted by atomic mass is 9.96. The molecule has 0 amide bonds. The van der Waals surface area contributed by atoms with E-state index in [4.69, 9.17) is 47.8 Å². The molecule has 0 aliphatic carbocycles. The Balaban J connectivity index is 1.45. The smallest absolute Gasteiger partial charge is 0.142 e. The highest BCUT2D eigenvalue weighted by molar-refractivity contribution is 6.35. The molecule has 0 unspecified atom stereocenters. The average Bonchev–Trinajstić information content (AvgIpc) is 3.04. The number of ether oxygens (including phenoxy) is 3. The van der Waals surface area contributed by atoms with Gasteiger partial charge in [0.1, 0.15) is 36.5 Å². The zero-order valence-corrected chi connectivity index (χ0v) is 26.0. The number of aromatic nitrogens is 1. The van der Waals surface area contributed by atoms with Crippen LogP contribution in [-0.4, -0.2) is 41.5 Å². The second-order valence-electron chi connectivity index (χ2n) is 10.1. The minimum Gasteiger partial charge on any atom is -0.492 e. The van der Waals surface area contributed by atoms with Crippen molar-refractivity contribution in [3.05, 3.63) is 105 Å². The maximum absolute atomic E-state index is 9.87. The van der Waals surface area contributed by atoms with E-state index in [0.717, 1.165) is 53.7 Å². The first-order valence-electron chi connectivity index (χ1n) is 14.3. The Morgan fingerprint density at radius 1 is 0.841 bits per heavy atom. The van der Waals surface area contributed by atoms with Crippen molar-refractivity contribution in [1.82, 2.24) is 10.3 Å². The third-order valence-corrected chi connectivity index (χ3v) is 7.64. The summed E-state index contributed by atoms with van der Waals surface area (Å²) in [5, 5.41) is 32.0. The Morgan fingerprint density at radius 3 is 2.41 bits per heavy atom. The number of hydrogen-bond donors (Lipinski definition) is 3. The van der Waals surface area contributed by atoms with Crippen LogP contribution in [0.4, 0.5) is 0 Å². The average molecular weight is 637 g/mol. The van der Waals surface area contributed by atoms with Gasteiger partial charge in [-0.1, -0.05) is 53.5 Å². The fourth-order valence-corrected chi connectivity index (χ4v) is 5.08. The second-order valence-corrected chi connectivity index (χ2v) is 10.8. The number of aliphatic hydroxyl groups excluding tert-OH is 2. The second kappa shape index (κ2) is 16.9. The van der Waals surface area contributed by atoms with E-state index < -0.39 is 0 Å². The fraction of sp³-hybridized carbons (Fsp3) is 0.294. The van der Waals surface area contributed by atoms with Gasteiger partial charge in [-0.05, 0) is 67.7 Å². The van der Waals surface area contributed by atoms with E-state index in [2.05, 4.69) is 16.4 Å². The Kier molecular flexibility index (Phi) is 12.7. The number of nitriles is 1. The number of nitrogens with one attached hydrogen (secondary N) is 1. The molecule has 1 aromatic heterocycles. The predicted molar refractivity (Wildman–Crippen MR) is 171 cm³/mol. The normalized spacial score (nSPS) is 10.8. The summed E-state index contributed by atoms with van der Waals surface area (Å²) in [5.41, 5.74) is 5.45. The van der Waals surface area contributed by atoms with Crippen LogP contribution in [0.5, 0.6) is 17.2 Å². The van der Waals surface area contributed by atoms with Crippen molar-refractivity contribution < 1.29 is 24.4 Å². The van der Waals surface area contributed by atoms with Crippen LogP contribution in [0, 0.1) is 18.3 Å². The SMILES string of the molecule is Cc1c(COc2cc(OCc3cncc(C#N)c3)c(CO)cc2Cl)cccc1-c1cccc(OCCCNCCCO)c1Cl. The van der Waals surface area contributed by atoms with Crippen molar-refractivity contribution in [3.8, 4) is 34.4 Å². The molecule has 0 saturated carbocycles. The third-order valence-electron chi connectivity index (χ3n) is 6.95. The van der Waals surface area contributed by atoms with E-state index in [1.54, 1.807) is 24.4 Å². The van der Waals surface area contributed by atoms with Crippen LogP contribution in [0.25, 0.3) is 11.1 Å². The van der Waals surface area contributed by atoms with Gasteiger partial charge in [-0.3, -0.25) is 4.98 Å². The van der Waals surface area contributed by atoms with Crippen LogP contribution >= 0.6 is 23.2 Å². The minimum absolute atomic E-state index is 0.156. The molecular weight excluding hydrogens is 601 g/mol. The third kappa shape index (κ3) is 8.85. The molecule has 8 nitrogen and oxygen atoms in total. The van der Waals surface area contributed by atoms with Crippen LogP contribution in [0.3, 0.4) is 0 Å². The molecule has 0 saturated heterocycles. The lowest BCUT2D eigenvalue weighted by Crippen LogP contribution is -2.19. The summed E-state index contributed by atoms with van der Waals surface area (Å²) in [5.74, 6) is 1.45. The highest BCUT2D eigenvalue weighted by Gasteiger charge is 2.15. The van der Waals surface area contributed by atoms with Gasteiger partial charge in [0.2, 0.25) is 0 Å². The van der Waals surface area contributed by atoms with Crippen LogP contribution in [0.1, 0.15) is 40.7 Å². The van der Waals surface area contributed by atoms with E-state index in [-0.39, 0.29) is 26.4 Å². The molecule has 230 valence electrons. The molecular formula is C34H35Cl2N3O5. The van der Waals surface area contributed by atoms with Gasteiger partial charge in [-0.2, -0.15) is 5.26 Å². The molecule has 0 fully saturated rings. The number of pyridine rings is 1. The standard InChI is InChI=1S/C34H35Cl2N3O5/c1-23-26(6-2-7-28(23)29-8-3-9-31(34(29)36)42-13-5-11-38-10-4-12-40)22-44-33-16-32(27(20-41)15-30(33)35)43-21-25-14-24(17-37)18-39-19-25/h2-3,6-9,14-16,18-19,38,40-41H,4-5,10-13,20-22H2,1H3. The maximum Gasteiger partial charge on any atom is 0.142 e. The van der Waals surface area contributed by atoms with Crippen LogP contribution in [0.15, 0.2) is 67.0 Å². The Hall–Kier alpha value is -3.84. The van der Waals surface area contributed by atoms with Gasteiger partial charge in [-0.25, -0.2) is 0 Å². The van der Waals surface area contributed by atoms with Gasteiger partial charge < -0.3 is 29.7 Å². The minimum atomic E-state index is -0.266. The molecule has 0 atom stereocenters. The summed E-state index contributed by atoms with van der Waals surface area (Å²) in [6, 6.07) is 18.8. The van der Waals surface area contributed by atoms with E-state index >= 15 is 0 Å². The van der Waals surface area contributed by atoms with Gasteiger partial charge in [0, 0.05) is 41.8 Å². The Bertz CT molecular complexity index is 1590. The largest absolute Gasteiger partial charge is 0.492 e. The lowest BCUT2D eigenvalue weighted by Gasteiger charge is -2.17. The van der Waals surface area contributed by atoms with Gasteiger partial charge in [-0.15, -0.1) is 0 Å². The van der Waals surface area contributed by atoms with E-state index in [9.17, 15) is 5.11 Å². The first kappa shape index (κ1) is 33.1. The van der Waals surface area contributed by atoms with Crippen molar-refractivity contribution in [2.45, 2.75) is 39.6 Å². The number of benzene rings is 3. The zero-order valence-electron chi connectivity index (χ0n) is 24.5. The summed E-state index contributed by atoms with van der Waals surface area (Å²) < 4.78 is 18.1. The van der Waals surface area contributed by atoms with E-state index in [0.29, 0.717) is 45.0 Å². The van der Waals surface area contributed by atoms with Crippen LogP contribution in [-0.2, 0) is 19.8 Å². The summed E-state index contributed by atoms with van der Waals surface area (Å²) >= 11 is 13.3. The topological polar surface area (TPSA) is 117 Å². The molecule has 10 heteroatoms. The van der Waals surface area contributed by atoms with Crippen molar-refractivity contribution >= 4 is 23.2 Å². The molecule has 0 aliphatic rings. The van der Waals surface area contributed by atoms with Gasteiger partial charge in [0.05, 0.1) is 28.8 Å². The molecule has 0 aliphatic heterocycles. The molecule has 3 N–H and O–H groups in total. The summed E-state index contributed by atoms with van der Waals surface area (Å²) in [7, 11) is 0. The maximum atomic E-state index is 9.87. The highest BCUT2D eigenvalue weighted by Crippen LogP contribution is 2.38. The van der Waals surface area contributed by atoms with Crippen molar-refractivity contribution in [3.63, 3.8) is 0 Å². The molecule has 0 bridgehead atoms. The molecule has 44 heavy (non-hydrogen) atoms. The molecule has 3 aromatic carbocycles. The quantitative estimate of drug-likeness (QED) is 0.118. The van der Waals surface area contributed by atoms with E-state index in [1.807, 2.05) is 43.3 Å². The summed E-state index contributed by atoms with van der Waals surface area (Å²) in [4.78, 5) is 4.06. The van der Waals surface area contributed by atoms with Crippen molar-refractivity contribution in [2.24, 2.45) is 0 Å². The zero-order chi connectivity index (χ0) is 31.3. The lowest BCUT2D eigenvalue weighted by molar-refractivity contribution is 0.255. The summed E-state index contributed by atoms with van der Waals surface area (Å²) in [6.07, 6.45) is 4.65. The van der Waals surface area contributed by atoms with E-state index in [1.165, 1.54) is 6.20 Å². The Labute approximate surface area is 267 Å². The van der Waals surface area contributed by atoms with Crippen LogP contribution < -0.4 is 19.5 Å². The molecule has 0 spiro atoms. The molecule has 4 aromatic rings. The fourth-order valence-electron chi connectivity index (χ4n) is 4.56. The van der Waals surface area contributed by atoms with Gasteiger partial charge in [0.15, 0.2) is 0 Å². The number of hydrogen-bond acceptors (Lipinski definition) is 8. The highest BCUT2D eigenvalue weighted by atomic mass is 35.5. The van der Waals surface area contributed by atoms with Crippen molar-refractivity contribution in [2.75, 3.05) is 26.3 Å². The number of rotatable bonds is 16. The van der Waals surface area contributed by atoms with Gasteiger partial charge >= 0.3 is 0 Å². The first-order valence-corrected chi connectivity index (χ1v) is 15.0. The molecule has 1 heterocycles. The Morgan fingerprint density at radius 2 is 1.61 bits per heavy atom. The molecule has 4 rings (SSSR count). The monoisotopic (exact) mass is 635 g/mol. The number of aliphatic hydroxyl groups is 2. The summed E-state index contributed by atoms with van der Waals surface area (Å²) in [6.45, 7) is 4.42. The van der Waals surface area contributed by atoms with Crippen LogP contribution in [0.2, 0.25) is 10.0 Å². The molecule has 0 radical (unpaired) electrons. The van der Waals surface area contributed by atoms with Gasteiger partial charge in [0.25, 0.3) is 0 Å². The van der Waals surface area contributed by atoms with Crippen molar-refractivity contribution in [1.29, 1.82) is 5.26 Å². The number of halogens is 2.